The molecular weight excluding hydrogens is 204 g/mol. The first-order chi connectivity index (χ1) is 7.52. The molecule has 3 atom stereocenters. The van der Waals surface area contributed by atoms with Crippen molar-refractivity contribution >= 4 is 5.97 Å². The van der Waals surface area contributed by atoms with E-state index in [1.165, 1.54) is 13.3 Å². The first-order valence-corrected chi connectivity index (χ1v) is 6.35. The number of carbonyl (C=O) groups excluding carboxylic acids is 1. The SMILES string of the molecule is CCC1OC(OC(C)=O)CCC1CC(C)C. The van der Waals surface area contributed by atoms with Gasteiger partial charge in [-0.2, -0.15) is 0 Å². The summed E-state index contributed by atoms with van der Waals surface area (Å²) >= 11 is 0. The summed E-state index contributed by atoms with van der Waals surface area (Å²) in [5.41, 5.74) is 0. The van der Waals surface area contributed by atoms with E-state index in [0.717, 1.165) is 19.3 Å². The summed E-state index contributed by atoms with van der Waals surface area (Å²) in [6.45, 7) is 8.05. The van der Waals surface area contributed by atoms with E-state index in [9.17, 15) is 4.79 Å². The normalized spacial score (nSPS) is 30.4. The molecule has 1 rings (SSSR count). The van der Waals surface area contributed by atoms with Crippen LogP contribution in [0.25, 0.3) is 0 Å². The van der Waals surface area contributed by atoms with E-state index in [1.807, 2.05) is 0 Å². The summed E-state index contributed by atoms with van der Waals surface area (Å²) in [7, 11) is 0. The minimum absolute atomic E-state index is 0.248. The zero-order valence-electron chi connectivity index (χ0n) is 10.9. The van der Waals surface area contributed by atoms with E-state index in [-0.39, 0.29) is 18.4 Å². The molecule has 0 aromatic carbocycles. The lowest BCUT2D eigenvalue weighted by molar-refractivity contribution is -0.212. The van der Waals surface area contributed by atoms with Crippen molar-refractivity contribution in [1.29, 1.82) is 0 Å². The zero-order chi connectivity index (χ0) is 12.1. The van der Waals surface area contributed by atoms with Gasteiger partial charge in [-0.05, 0) is 31.1 Å². The molecule has 1 heterocycles. The van der Waals surface area contributed by atoms with Crippen LogP contribution in [0.2, 0.25) is 0 Å². The number of ether oxygens (including phenoxy) is 2. The lowest BCUT2D eigenvalue weighted by atomic mass is 9.85. The third-order valence-corrected chi connectivity index (χ3v) is 3.10. The van der Waals surface area contributed by atoms with Crippen molar-refractivity contribution in [3.8, 4) is 0 Å². The third-order valence-electron chi connectivity index (χ3n) is 3.10. The fraction of sp³-hybridized carbons (Fsp3) is 0.923. The zero-order valence-corrected chi connectivity index (χ0v) is 10.9. The highest BCUT2D eigenvalue weighted by atomic mass is 16.7. The number of hydrogen-bond donors (Lipinski definition) is 0. The molecule has 0 aromatic heterocycles. The van der Waals surface area contributed by atoms with E-state index in [4.69, 9.17) is 9.47 Å². The highest BCUT2D eigenvalue weighted by Crippen LogP contribution is 2.32. The lowest BCUT2D eigenvalue weighted by Crippen LogP contribution is -2.37. The van der Waals surface area contributed by atoms with Gasteiger partial charge in [-0.1, -0.05) is 20.8 Å². The quantitative estimate of drug-likeness (QED) is 0.693. The number of esters is 1. The van der Waals surface area contributed by atoms with Gasteiger partial charge in [0.05, 0.1) is 6.10 Å². The minimum Gasteiger partial charge on any atom is -0.436 e. The Bertz CT molecular complexity index is 225. The molecule has 16 heavy (non-hydrogen) atoms. The maximum atomic E-state index is 10.9. The maximum absolute atomic E-state index is 10.9. The summed E-state index contributed by atoms with van der Waals surface area (Å²) < 4.78 is 10.9. The third kappa shape index (κ3) is 4.12. The predicted molar refractivity (Wildman–Crippen MR) is 62.9 cm³/mol. The predicted octanol–water partition coefficient (Wildman–Crippen LogP) is 3.13. The fourth-order valence-corrected chi connectivity index (χ4v) is 2.49. The van der Waals surface area contributed by atoms with Gasteiger partial charge in [-0.3, -0.25) is 4.79 Å². The van der Waals surface area contributed by atoms with Crippen LogP contribution in [0.1, 0.15) is 53.4 Å². The molecule has 0 radical (unpaired) electrons. The molecule has 3 unspecified atom stereocenters. The van der Waals surface area contributed by atoms with Crippen LogP contribution in [0.5, 0.6) is 0 Å². The van der Waals surface area contributed by atoms with Crippen LogP contribution in [0.3, 0.4) is 0 Å². The molecule has 94 valence electrons. The number of rotatable bonds is 4. The highest BCUT2D eigenvalue weighted by Gasteiger charge is 2.31. The van der Waals surface area contributed by atoms with Gasteiger partial charge < -0.3 is 9.47 Å². The van der Waals surface area contributed by atoms with Crippen molar-refractivity contribution in [2.75, 3.05) is 0 Å². The monoisotopic (exact) mass is 228 g/mol. The van der Waals surface area contributed by atoms with Crippen molar-refractivity contribution in [3.63, 3.8) is 0 Å². The van der Waals surface area contributed by atoms with Gasteiger partial charge in [0, 0.05) is 13.3 Å². The highest BCUT2D eigenvalue weighted by molar-refractivity contribution is 5.66. The second kappa shape index (κ2) is 6.24. The summed E-state index contributed by atoms with van der Waals surface area (Å²) in [5, 5.41) is 0. The molecule has 0 aromatic rings. The molecule has 1 aliphatic rings. The standard InChI is InChI=1S/C13H24O3/c1-5-12-11(8-9(2)3)6-7-13(16-12)15-10(4)14/h9,11-13H,5-8H2,1-4H3. The van der Waals surface area contributed by atoms with Gasteiger partial charge in [0.1, 0.15) is 0 Å². The van der Waals surface area contributed by atoms with Crippen molar-refractivity contribution in [3.05, 3.63) is 0 Å². The Morgan fingerprint density at radius 1 is 1.44 bits per heavy atom. The Morgan fingerprint density at radius 2 is 2.12 bits per heavy atom. The Morgan fingerprint density at radius 3 is 2.62 bits per heavy atom. The van der Waals surface area contributed by atoms with E-state index >= 15 is 0 Å². The number of carbonyl (C=O) groups is 1. The average molecular weight is 228 g/mol. The van der Waals surface area contributed by atoms with Crippen molar-refractivity contribution < 1.29 is 14.3 Å². The molecule has 0 spiro atoms. The molecule has 1 saturated heterocycles. The second-order valence-electron chi connectivity index (χ2n) is 5.09. The van der Waals surface area contributed by atoms with Crippen LogP contribution in [-0.4, -0.2) is 18.4 Å². The summed E-state index contributed by atoms with van der Waals surface area (Å²) in [4.78, 5) is 10.9. The first kappa shape index (κ1) is 13.5. The van der Waals surface area contributed by atoms with Crippen molar-refractivity contribution in [2.24, 2.45) is 11.8 Å². The Hall–Kier alpha value is -0.570. The smallest absolute Gasteiger partial charge is 0.304 e. The van der Waals surface area contributed by atoms with E-state index in [0.29, 0.717) is 11.8 Å². The summed E-state index contributed by atoms with van der Waals surface area (Å²) in [5.74, 6) is 1.08. The first-order valence-electron chi connectivity index (χ1n) is 6.35. The summed E-state index contributed by atoms with van der Waals surface area (Å²) in [6, 6.07) is 0. The Labute approximate surface area is 98.5 Å². The van der Waals surface area contributed by atoms with Crippen molar-refractivity contribution in [1.82, 2.24) is 0 Å². The molecule has 3 heteroatoms. The van der Waals surface area contributed by atoms with Crippen LogP contribution in [0, 0.1) is 11.8 Å². The van der Waals surface area contributed by atoms with Crippen LogP contribution >= 0.6 is 0 Å². The van der Waals surface area contributed by atoms with E-state index in [1.54, 1.807) is 0 Å². The van der Waals surface area contributed by atoms with E-state index < -0.39 is 0 Å². The van der Waals surface area contributed by atoms with E-state index in [2.05, 4.69) is 20.8 Å². The molecule has 0 amide bonds. The molecule has 1 aliphatic heterocycles. The fourth-order valence-electron chi connectivity index (χ4n) is 2.49. The molecular formula is C13H24O3. The van der Waals surface area contributed by atoms with Gasteiger partial charge in [-0.15, -0.1) is 0 Å². The van der Waals surface area contributed by atoms with Crippen LogP contribution < -0.4 is 0 Å². The number of hydrogen-bond acceptors (Lipinski definition) is 3. The van der Waals surface area contributed by atoms with Gasteiger partial charge in [0.25, 0.3) is 0 Å². The largest absolute Gasteiger partial charge is 0.436 e. The van der Waals surface area contributed by atoms with Gasteiger partial charge >= 0.3 is 5.97 Å². The van der Waals surface area contributed by atoms with Gasteiger partial charge in [-0.25, -0.2) is 0 Å². The summed E-state index contributed by atoms with van der Waals surface area (Å²) in [6.07, 6.45) is 4.08. The Kier molecular flexibility index (Phi) is 5.26. The Balaban J connectivity index is 2.46. The lowest BCUT2D eigenvalue weighted by Gasteiger charge is -2.36. The average Bonchev–Trinajstić information content (AvgIpc) is 2.18. The molecule has 3 nitrogen and oxygen atoms in total. The van der Waals surface area contributed by atoms with Crippen molar-refractivity contribution in [2.45, 2.75) is 65.8 Å². The molecule has 0 saturated carbocycles. The molecule has 0 bridgehead atoms. The topological polar surface area (TPSA) is 35.5 Å². The maximum Gasteiger partial charge on any atom is 0.304 e. The van der Waals surface area contributed by atoms with Gasteiger partial charge in [0.2, 0.25) is 6.29 Å². The molecule has 0 aliphatic carbocycles. The van der Waals surface area contributed by atoms with Crippen LogP contribution in [0.15, 0.2) is 0 Å². The minimum atomic E-state index is -0.314. The van der Waals surface area contributed by atoms with Crippen LogP contribution in [0.4, 0.5) is 0 Å². The van der Waals surface area contributed by atoms with Crippen LogP contribution in [-0.2, 0) is 14.3 Å². The second-order valence-corrected chi connectivity index (χ2v) is 5.09. The molecule has 1 fully saturated rings. The molecule has 0 N–H and O–H groups in total. The van der Waals surface area contributed by atoms with Gasteiger partial charge in [0.15, 0.2) is 0 Å².